The van der Waals surface area contributed by atoms with Gasteiger partial charge < -0.3 is 15.2 Å². The quantitative estimate of drug-likeness (QED) is 0.882. The molecule has 2 heterocycles. The first-order chi connectivity index (χ1) is 9.58. The molecule has 0 aromatic heterocycles. The SMILES string of the molecule is Cc1ccccc1NC(=O)[C@H]1[C@H](C(=O)O)[C@H]2CC[C@H]1O2. The predicted octanol–water partition coefficient (Wildman–Crippen LogP) is 1.81. The summed E-state index contributed by atoms with van der Waals surface area (Å²) in [5.74, 6) is -2.51. The molecule has 4 atom stereocenters. The number of carboxylic acid groups (broad SMARTS) is 1. The maximum absolute atomic E-state index is 12.4. The lowest BCUT2D eigenvalue weighted by molar-refractivity contribution is -0.147. The highest BCUT2D eigenvalue weighted by atomic mass is 16.5. The Morgan fingerprint density at radius 2 is 1.85 bits per heavy atom. The van der Waals surface area contributed by atoms with Crippen molar-refractivity contribution in [3.63, 3.8) is 0 Å². The van der Waals surface area contributed by atoms with Gasteiger partial charge in [-0.3, -0.25) is 9.59 Å². The number of hydrogen-bond donors (Lipinski definition) is 2. The second-order valence-electron chi connectivity index (χ2n) is 5.48. The number of aliphatic carboxylic acids is 1. The monoisotopic (exact) mass is 275 g/mol. The lowest BCUT2D eigenvalue weighted by Crippen LogP contribution is -2.41. The minimum absolute atomic E-state index is 0.251. The van der Waals surface area contributed by atoms with Crippen LogP contribution >= 0.6 is 0 Å². The molecule has 2 bridgehead atoms. The van der Waals surface area contributed by atoms with Crippen LogP contribution in [0.25, 0.3) is 0 Å². The van der Waals surface area contributed by atoms with Gasteiger partial charge in [0.05, 0.1) is 24.0 Å². The summed E-state index contributed by atoms with van der Waals surface area (Å²) in [5, 5.41) is 12.2. The van der Waals surface area contributed by atoms with Crippen LogP contribution in [0.1, 0.15) is 18.4 Å². The van der Waals surface area contributed by atoms with Crippen molar-refractivity contribution < 1.29 is 19.4 Å². The van der Waals surface area contributed by atoms with Crippen LogP contribution in [-0.2, 0) is 14.3 Å². The van der Waals surface area contributed by atoms with E-state index < -0.39 is 17.8 Å². The molecule has 1 aromatic rings. The number of aryl methyl sites for hydroxylation is 1. The molecule has 2 N–H and O–H groups in total. The number of carbonyl (C=O) groups is 2. The standard InChI is InChI=1S/C15H17NO4/c1-8-4-2-3-5-9(8)16-14(17)12-10-6-7-11(20-10)13(12)15(18)19/h2-5,10-13H,6-7H2,1H3,(H,16,17)(H,18,19)/t10-,11-,12-,13-/m1/s1. The molecule has 3 rings (SSSR count). The Kier molecular flexibility index (Phi) is 3.22. The summed E-state index contributed by atoms with van der Waals surface area (Å²) in [4.78, 5) is 23.8. The number of carbonyl (C=O) groups excluding carboxylic acids is 1. The fourth-order valence-electron chi connectivity index (χ4n) is 3.25. The Morgan fingerprint density at radius 1 is 1.20 bits per heavy atom. The van der Waals surface area contributed by atoms with E-state index in [9.17, 15) is 14.7 Å². The Balaban J connectivity index is 1.80. The van der Waals surface area contributed by atoms with E-state index in [4.69, 9.17) is 4.74 Å². The van der Waals surface area contributed by atoms with Crippen molar-refractivity contribution in [1.29, 1.82) is 0 Å². The zero-order chi connectivity index (χ0) is 14.3. The van der Waals surface area contributed by atoms with Crippen LogP contribution in [0.3, 0.4) is 0 Å². The third kappa shape index (κ3) is 2.08. The zero-order valence-electron chi connectivity index (χ0n) is 11.2. The topological polar surface area (TPSA) is 75.6 Å². The van der Waals surface area contributed by atoms with Crippen molar-refractivity contribution in [3.05, 3.63) is 29.8 Å². The van der Waals surface area contributed by atoms with E-state index in [1.807, 2.05) is 31.2 Å². The predicted molar refractivity (Wildman–Crippen MR) is 72.3 cm³/mol. The summed E-state index contributed by atoms with van der Waals surface area (Å²) < 4.78 is 5.61. The fourth-order valence-corrected chi connectivity index (χ4v) is 3.25. The van der Waals surface area contributed by atoms with Gasteiger partial charge in [-0.2, -0.15) is 0 Å². The number of hydrogen-bond acceptors (Lipinski definition) is 3. The van der Waals surface area contributed by atoms with Gasteiger partial charge in [0, 0.05) is 5.69 Å². The molecular weight excluding hydrogens is 258 g/mol. The molecule has 2 aliphatic rings. The van der Waals surface area contributed by atoms with Gasteiger partial charge >= 0.3 is 5.97 Å². The van der Waals surface area contributed by atoms with Crippen LogP contribution in [-0.4, -0.2) is 29.2 Å². The molecule has 0 aliphatic carbocycles. The number of anilines is 1. The van der Waals surface area contributed by atoms with E-state index in [0.29, 0.717) is 0 Å². The first-order valence-corrected chi connectivity index (χ1v) is 6.82. The summed E-state index contributed by atoms with van der Waals surface area (Å²) in [7, 11) is 0. The Labute approximate surface area is 116 Å². The van der Waals surface area contributed by atoms with Gasteiger partial charge in [0.1, 0.15) is 0 Å². The van der Waals surface area contributed by atoms with Gasteiger partial charge in [0.15, 0.2) is 0 Å². The number of para-hydroxylation sites is 1. The normalized spacial score (nSPS) is 31.2. The van der Waals surface area contributed by atoms with Crippen LogP contribution < -0.4 is 5.32 Å². The first kappa shape index (κ1) is 13.1. The van der Waals surface area contributed by atoms with Gasteiger partial charge in [-0.05, 0) is 31.4 Å². The van der Waals surface area contributed by atoms with Crippen LogP contribution in [0.2, 0.25) is 0 Å². The summed E-state index contributed by atoms with van der Waals surface area (Å²) in [5.41, 5.74) is 1.68. The van der Waals surface area contributed by atoms with E-state index >= 15 is 0 Å². The van der Waals surface area contributed by atoms with Gasteiger partial charge in [-0.25, -0.2) is 0 Å². The average molecular weight is 275 g/mol. The van der Waals surface area contributed by atoms with Gasteiger partial charge in [-0.15, -0.1) is 0 Å². The second-order valence-corrected chi connectivity index (χ2v) is 5.48. The molecule has 106 valence electrons. The van der Waals surface area contributed by atoms with E-state index in [0.717, 1.165) is 24.1 Å². The van der Waals surface area contributed by atoms with E-state index in [2.05, 4.69) is 5.32 Å². The zero-order valence-corrected chi connectivity index (χ0v) is 11.2. The smallest absolute Gasteiger partial charge is 0.310 e. The van der Waals surface area contributed by atoms with Gasteiger partial charge in [0.25, 0.3) is 0 Å². The number of carboxylic acids is 1. The summed E-state index contributed by atoms with van der Waals surface area (Å²) in [6.07, 6.45) is 0.922. The average Bonchev–Trinajstić information content (AvgIpc) is 3.01. The van der Waals surface area contributed by atoms with E-state index in [-0.39, 0.29) is 18.1 Å². The molecule has 2 aliphatic heterocycles. The molecule has 0 unspecified atom stereocenters. The van der Waals surface area contributed by atoms with Crippen molar-refractivity contribution >= 4 is 17.6 Å². The fraction of sp³-hybridized carbons (Fsp3) is 0.467. The van der Waals surface area contributed by atoms with Crippen molar-refractivity contribution in [2.75, 3.05) is 5.32 Å². The lowest BCUT2D eigenvalue weighted by Gasteiger charge is -2.24. The molecule has 5 nitrogen and oxygen atoms in total. The molecule has 0 saturated carbocycles. The molecule has 2 fully saturated rings. The number of benzene rings is 1. The molecule has 0 radical (unpaired) electrons. The number of ether oxygens (including phenoxy) is 1. The number of nitrogens with one attached hydrogen (secondary N) is 1. The molecule has 1 aromatic carbocycles. The third-order valence-corrected chi connectivity index (χ3v) is 4.26. The Bertz CT molecular complexity index is 557. The summed E-state index contributed by atoms with van der Waals surface area (Å²) >= 11 is 0. The molecule has 1 amide bonds. The lowest BCUT2D eigenvalue weighted by atomic mass is 9.78. The third-order valence-electron chi connectivity index (χ3n) is 4.26. The highest BCUT2D eigenvalue weighted by Crippen LogP contribution is 2.44. The number of amides is 1. The highest BCUT2D eigenvalue weighted by molar-refractivity contribution is 5.96. The van der Waals surface area contributed by atoms with E-state index in [1.165, 1.54) is 0 Å². The largest absolute Gasteiger partial charge is 0.481 e. The molecule has 0 spiro atoms. The maximum Gasteiger partial charge on any atom is 0.310 e. The molecule has 2 saturated heterocycles. The molecule has 20 heavy (non-hydrogen) atoms. The van der Waals surface area contributed by atoms with Crippen molar-refractivity contribution in [2.45, 2.75) is 32.0 Å². The van der Waals surface area contributed by atoms with Crippen LogP contribution in [0.5, 0.6) is 0 Å². The molecular formula is C15H17NO4. The van der Waals surface area contributed by atoms with Crippen LogP contribution in [0, 0.1) is 18.8 Å². The second kappa shape index (κ2) is 4.90. The maximum atomic E-state index is 12.4. The minimum Gasteiger partial charge on any atom is -0.481 e. The number of fused-ring (bicyclic) bond motifs is 2. The molecule has 5 heteroatoms. The summed E-state index contributed by atoms with van der Waals surface area (Å²) in [6, 6.07) is 7.46. The van der Waals surface area contributed by atoms with Crippen LogP contribution in [0.15, 0.2) is 24.3 Å². The summed E-state index contributed by atoms with van der Waals surface area (Å²) in [6.45, 7) is 1.90. The Hall–Kier alpha value is -1.88. The van der Waals surface area contributed by atoms with Crippen molar-refractivity contribution in [1.82, 2.24) is 0 Å². The van der Waals surface area contributed by atoms with Gasteiger partial charge in [0.2, 0.25) is 5.91 Å². The minimum atomic E-state index is -0.942. The van der Waals surface area contributed by atoms with Gasteiger partial charge in [-0.1, -0.05) is 18.2 Å². The van der Waals surface area contributed by atoms with Crippen molar-refractivity contribution in [3.8, 4) is 0 Å². The first-order valence-electron chi connectivity index (χ1n) is 6.82. The van der Waals surface area contributed by atoms with Crippen molar-refractivity contribution in [2.24, 2.45) is 11.8 Å². The number of rotatable bonds is 3. The Morgan fingerprint density at radius 3 is 2.50 bits per heavy atom. The van der Waals surface area contributed by atoms with E-state index in [1.54, 1.807) is 0 Å². The highest BCUT2D eigenvalue weighted by Gasteiger charge is 2.55. The van der Waals surface area contributed by atoms with Crippen LogP contribution in [0.4, 0.5) is 5.69 Å².